The highest BCUT2D eigenvalue weighted by Crippen LogP contribution is 2.43. The molecule has 10 rings (SSSR count). The van der Waals surface area contributed by atoms with Crippen LogP contribution in [-0.4, -0.2) is 9.13 Å². The maximum Gasteiger partial charge on any atom is 0.137 e. The van der Waals surface area contributed by atoms with Crippen molar-refractivity contribution < 1.29 is 4.42 Å². The molecule has 0 atom stereocenters. The Balaban J connectivity index is 1.44. The van der Waals surface area contributed by atoms with Crippen molar-refractivity contribution in [1.82, 2.24) is 9.13 Å². The van der Waals surface area contributed by atoms with Crippen LogP contribution in [0.5, 0.6) is 0 Å². The van der Waals surface area contributed by atoms with Crippen LogP contribution in [0.25, 0.3) is 87.7 Å². The maximum atomic E-state index is 6.33. The fourth-order valence-corrected chi connectivity index (χ4v) is 7.31. The molecule has 0 aliphatic carbocycles. The summed E-state index contributed by atoms with van der Waals surface area (Å²) >= 11 is 0. The summed E-state index contributed by atoms with van der Waals surface area (Å²) in [5.74, 6) is 0. The molecular formula is C40H24N2O. The van der Waals surface area contributed by atoms with Crippen LogP contribution in [0, 0.1) is 0 Å². The molecule has 0 spiro atoms. The molecular weight excluding hydrogens is 524 g/mol. The van der Waals surface area contributed by atoms with Crippen LogP contribution in [0.15, 0.2) is 150 Å². The van der Waals surface area contributed by atoms with Crippen LogP contribution in [0.4, 0.5) is 0 Å². The number of aromatic nitrogens is 2. The number of para-hydroxylation sites is 3. The van der Waals surface area contributed by atoms with Crippen molar-refractivity contribution >= 4 is 76.3 Å². The van der Waals surface area contributed by atoms with Crippen molar-refractivity contribution in [3.63, 3.8) is 0 Å². The van der Waals surface area contributed by atoms with E-state index in [0.29, 0.717) is 0 Å². The Hall–Kier alpha value is -5.80. The van der Waals surface area contributed by atoms with E-state index in [2.05, 4.69) is 149 Å². The van der Waals surface area contributed by atoms with Crippen LogP contribution < -0.4 is 0 Å². The van der Waals surface area contributed by atoms with E-state index in [4.69, 9.17) is 4.42 Å². The van der Waals surface area contributed by atoms with Gasteiger partial charge in [-0.1, -0.05) is 91.0 Å². The minimum atomic E-state index is 0.899. The Morgan fingerprint density at radius 1 is 0.372 bits per heavy atom. The molecule has 3 heterocycles. The topological polar surface area (TPSA) is 23.0 Å². The van der Waals surface area contributed by atoms with Gasteiger partial charge in [-0.25, -0.2) is 0 Å². The van der Waals surface area contributed by atoms with E-state index >= 15 is 0 Å². The van der Waals surface area contributed by atoms with Crippen LogP contribution in [0.3, 0.4) is 0 Å². The summed E-state index contributed by atoms with van der Waals surface area (Å²) in [5, 5.41) is 9.83. The molecule has 0 N–H and O–H groups in total. The molecule has 0 aliphatic rings. The summed E-state index contributed by atoms with van der Waals surface area (Å²) in [6.07, 6.45) is 0. The predicted octanol–water partition coefficient (Wildman–Crippen LogP) is 10.9. The van der Waals surface area contributed by atoms with Crippen molar-refractivity contribution in [3.05, 3.63) is 146 Å². The summed E-state index contributed by atoms with van der Waals surface area (Å²) in [7, 11) is 0. The maximum absolute atomic E-state index is 6.33. The van der Waals surface area contributed by atoms with E-state index in [1.165, 1.54) is 54.4 Å². The van der Waals surface area contributed by atoms with Gasteiger partial charge in [0.1, 0.15) is 11.2 Å². The van der Waals surface area contributed by atoms with Gasteiger partial charge in [-0.05, 0) is 65.4 Å². The van der Waals surface area contributed by atoms with Gasteiger partial charge >= 0.3 is 0 Å². The molecule has 43 heavy (non-hydrogen) atoms. The second-order valence-corrected chi connectivity index (χ2v) is 11.3. The molecule has 3 aromatic heterocycles. The van der Waals surface area contributed by atoms with Gasteiger partial charge in [-0.2, -0.15) is 0 Å². The highest BCUT2D eigenvalue weighted by atomic mass is 16.3. The number of furan rings is 1. The summed E-state index contributed by atoms with van der Waals surface area (Å²) in [5.41, 5.74) is 8.85. The fraction of sp³-hybridized carbons (Fsp3) is 0. The average Bonchev–Trinajstić information content (AvgIpc) is 3.71. The van der Waals surface area contributed by atoms with Crippen molar-refractivity contribution in [2.75, 3.05) is 0 Å². The van der Waals surface area contributed by atoms with Gasteiger partial charge in [-0.15, -0.1) is 0 Å². The quantitative estimate of drug-likeness (QED) is 0.211. The third kappa shape index (κ3) is 3.03. The number of fused-ring (bicyclic) bond motifs is 11. The van der Waals surface area contributed by atoms with Crippen LogP contribution in [0.1, 0.15) is 0 Å². The van der Waals surface area contributed by atoms with Crippen LogP contribution >= 0.6 is 0 Å². The van der Waals surface area contributed by atoms with Crippen LogP contribution in [-0.2, 0) is 0 Å². The van der Waals surface area contributed by atoms with E-state index in [1.807, 2.05) is 6.07 Å². The molecule has 0 saturated carbocycles. The molecule has 10 aromatic rings. The molecule has 0 saturated heterocycles. The number of rotatable bonds is 2. The lowest BCUT2D eigenvalue weighted by Gasteiger charge is -2.11. The Morgan fingerprint density at radius 2 is 1.09 bits per heavy atom. The highest BCUT2D eigenvalue weighted by Gasteiger charge is 2.21. The normalized spacial score (nSPS) is 12.2. The summed E-state index contributed by atoms with van der Waals surface area (Å²) < 4.78 is 11.2. The zero-order valence-electron chi connectivity index (χ0n) is 23.2. The minimum Gasteiger partial charge on any atom is -0.456 e. The second kappa shape index (κ2) is 8.37. The van der Waals surface area contributed by atoms with E-state index in [-0.39, 0.29) is 0 Å². The molecule has 0 bridgehead atoms. The third-order valence-electron chi connectivity index (χ3n) is 9.08. The van der Waals surface area contributed by atoms with Gasteiger partial charge in [0.05, 0.1) is 33.1 Å². The molecule has 0 fully saturated rings. The Labute approximate surface area is 246 Å². The minimum absolute atomic E-state index is 0.899. The van der Waals surface area contributed by atoms with Gasteiger partial charge in [0.15, 0.2) is 0 Å². The molecule has 0 unspecified atom stereocenters. The molecule has 0 aliphatic heterocycles. The first-order valence-corrected chi connectivity index (χ1v) is 14.7. The van der Waals surface area contributed by atoms with E-state index < -0.39 is 0 Å². The molecule has 0 radical (unpaired) electrons. The zero-order chi connectivity index (χ0) is 28.1. The number of hydrogen-bond acceptors (Lipinski definition) is 1. The molecule has 3 heteroatoms. The van der Waals surface area contributed by atoms with E-state index in [9.17, 15) is 0 Å². The first-order valence-electron chi connectivity index (χ1n) is 14.7. The number of benzene rings is 7. The van der Waals surface area contributed by atoms with Gasteiger partial charge in [-0.3, -0.25) is 0 Å². The van der Waals surface area contributed by atoms with Crippen molar-refractivity contribution in [3.8, 4) is 11.4 Å². The van der Waals surface area contributed by atoms with E-state index in [0.717, 1.165) is 33.3 Å². The van der Waals surface area contributed by atoms with Gasteiger partial charge < -0.3 is 13.6 Å². The van der Waals surface area contributed by atoms with Gasteiger partial charge in [0, 0.05) is 32.6 Å². The molecule has 200 valence electrons. The van der Waals surface area contributed by atoms with Crippen molar-refractivity contribution in [2.24, 2.45) is 0 Å². The summed E-state index contributed by atoms with van der Waals surface area (Å²) in [6, 6.07) is 52.3. The third-order valence-corrected chi connectivity index (χ3v) is 9.08. The standard InChI is InChI=1S/C40H24N2O/c1-2-12-26(13-3-1)41-34-22-21-25-11-4-5-14-27(25)39(34)31-23-30-28-15-6-8-17-32(28)42(35(30)24-36(31)41)33-18-10-20-38-40(33)29-16-7-9-19-37(29)43-38/h1-24H. The summed E-state index contributed by atoms with van der Waals surface area (Å²) in [4.78, 5) is 0. The lowest BCUT2D eigenvalue weighted by atomic mass is 10.0. The number of hydrogen-bond donors (Lipinski definition) is 0. The van der Waals surface area contributed by atoms with Crippen molar-refractivity contribution in [2.45, 2.75) is 0 Å². The first kappa shape index (κ1) is 22.8. The lowest BCUT2D eigenvalue weighted by Crippen LogP contribution is -1.96. The van der Waals surface area contributed by atoms with Crippen molar-refractivity contribution in [1.29, 1.82) is 0 Å². The highest BCUT2D eigenvalue weighted by molar-refractivity contribution is 6.25. The average molecular weight is 549 g/mol. The van der Waals surface area contributed by atoms with Gasteiger partial charge in [0.25, 0.3) is 0 Å². The van der Waals surface area contributed by atoms with Crippen LogP contribution in [0.2, 0.25) is 0 Å². The molecule has 7 aromatic carbocycles. The Morgan fingerprint density at radius 3 is 2.00 bits per heavy atom. The molecule has 3 nitrogen and oxygen atoms in total. The first-order chi connectivity index (χ1) is 21.3. The fourth-order valence-electron chi connectivity index (χ4n) is 7.31. The second-order valence-electron chi connectivity index (χ2n) is 11.3. The van der Waals surface area contributed by atoms with E-state index in [1.54, 1.807) is 0 Å². The lowest BCUT2D eigenvalue weighted by molar-refractivity contribution is 0.669. The summed E-state index contributed by atoms with van der Waals surface area (Å²) in [6.45, 7) is 0. The SMILES string of the molecule is c1ccc(-n2c3cc4c(cc3c3c5ccccc5ccc32)c2ccccc2n4-c2cccc3oc4ccccc4c23)cc1. The monoisotopic (exact) mass is 548 g/mol. The molecule has 0 amide bonds. The predicted molar refractivity (Wildman–Crippen MR) is 180 cm³/mol. The largest absolute Gasteiger partial charge is 0.456 e. The zero-order valence-corrected chi connectivity index (χ0v) is 23.2. The Bertz CT molecular complexity index is 2720. The Kier molecular flexibility index (Phi) is 4.45. The smallest absolute Gasteiger partial charge is 0.137 e. The number of nitrogens with zero attached hydrogens (tertiary/aromatic N) is 2. The van der Waals surface area contributed by atoms with Gasteiger partial charge in [0.2, 0.25) is 0 Å².